The molecule has 134 valence electrons. The zero-order chi connectivity index (χ0) is 18.8. The van der Waals surface area contributed by atoms with Gasteiger partial charge in [0.05, 0.1) is 10.6 Å². The Morgan fingerprint density at radius 3 is 2.54 bits per heavy atom. The summed E-state index contributed by atoms with van der Waals surface area (Å²) in [7, 11) is 0. The van der Waals surface area contributed by atoms with Gasteiger partial charge in [0.15, 0.2) is 5.17 Å². The van der Waals surface area contributed by atoms with Gasteiger partial charge in [0, 0.05) is 16.1 Å². The van der Waals surface area contributed by atoms with Crippen molar-refractivity contribution >= 4 is 50.5 Å². The van der Waals surface area contributed by atoms with Crippen LogP contribution in [0.15, 0.2) is 56.8 Å². The molecule has 0 aliphatic carbocycles. The van der Waals surface area contributed by atoms with E-state index in [0.717, 1.165) is 15.7 Å². The van der Waals surface area contributed by atoms with Crippen LogP contribution in [0.3, 0.4) is 0 Å². The molecule has 1 saturated heterocycles. The van der Waals surface area contributed by atoms with Crippen molar-refractivity contribution in [2.75, 3.05) is 0 Å². The normalized spacial score (nSPS) is 17.7. The SMILES string of the molecule is Cc1ccc(N=C2S/C(=C/c3cc(Br)ccc3O)C(=O)N2C(C)C)cc1. The highest BCUT2D eigenvalue weighted by Crippen LogP contribution is 2.37. The van der Waals surface area contributed by atoms with Crippen molar-refractivity contribution < 1.29 is 9.90 Å². The van der Waals surface area contributed by atoms with Crippen LogP contribution in [0.25, 0.3) is 6.08 Å². The third kappa shape index (κ3) is 4.02. The number of halogens is 1. The number of carbonyl (C=O) groups excluding carboxylic acids is 1. The molecular formula is C20H19BrN2O2S. The minimum atomic E-state index is -0.102. The van der Waals surface area contributed by atoms with E-state index in [9.17, 15) is 9.90 Å². The largest absolute Gasteiger partial charge is 0.507 e. The van der Waals surface area contributed by atoms with Gasteiger partial charge in [0.25, 0.3) is 5.91 Å². The number of hydrogen-bond donors (Lipinski definition) is 1. The minimum absolute atomic E-state index is 0.0128. The second-order valence-corrected chi connectivity index (χ2v) is 8.24. The molecule has 6 heteroatoms. The minimum Gasteiger partial charge on any atom is -0.507 e. The molecule has 0 bridgehead atoms. The van der Waals surface area contributed by atoms with E-state index < -0.39 is 0 Å². The molecule has 3 rings (SSSR count). The number of aromatic hydroxyl groups is 1. The number of amides is 1. The van der Waals surface area contributed by atoms with Crippen LogP contribution in [0, 0.1) is 6.92 Å². The van der Waals surface area contributed by atoms with E-state index in [2.05, 4.69) is 20.9 Å². The number of benzene rings is 2. The molecule has 4 nitrogen and oxygen atoms in total. The quantitative estimate of drug-likeness (QED) is 0.656. The second kappa shape index (κ2) is 7.68. The lowest BCUT2D eigenvalue weighted by atomic mass is 10.2. The number of aryl methyl sites for hydroxylation is 1. The molecule has 0 aromatic heterocycles. The zero-order valence-corrected chi connectivity index (χ0v) is 17.1. The van der Waals surface area contributed by atoms with Gasteiger partial charge in [-0.25, -0.2) is 4.99 Å². The lowest BCUT2D eigenvalue weighted by molar-refractivity contribution is -0.123. The molecular weight excluding hydrogens is 412 g/mol. The van der Waals surface area contributed by atoms with E-state index in [-0.39, 0.29) is 17.7 Å². The van der Waals surface area contributed by atoms with Crippen LogP contribution in [0.5, 0.6) is 5.75 Å². The molecule has 1 aliphatic heterocycles. The van der Waals surface area contributed by atoms with Crippen LogP contribution < -0.4 is 0 Å². The van der Waals surface area contributed by atoms with Crippen molar-refractivity contribution in [3.63, 3.8) is 0 Å². The van der Waals surface area contributed by atoms with Gasteiger partial charge in [-0.15, -0.1) is 0 Å². The van der Waals surface area contributed by atoms with Crippen molar-refractivity contribution in [3.05, 3.63) is 63.0 Å². The van der Waals surface area contributed by atoms with E-state index in [0.29, 0.717) is 15.6 Å². The zero-order valence-electron chi connectivity index (χ0n) is 14.7. The van der Waals surface area contributed by atoms with Crippen molar-refractivity contribution in [1.82, 2.24) is 4.90 Å². The first-order valence-corrected chi connectivity index (χ1v) is 9.83. The molecule has 0 unspecified atom stereocenters. The molecule has 2 aromatic carbocycles. The monoisotopic (exact) mass is 430 g/mol. The summed E-state index contributed by atoms with van der Waals surface area (Å²) in [6.07, 6.45) is 1.71. The first kappa shape index (κ1) is 18.7. The van der Waals surface area contributed by atoms with E-state index in [4.69, 9.17) is 0 Å². The van der Waals surface area contributed by atoms with Crippen molar-refractivity contribution in [3.8, 4) is 5.75 Å². The number of hydrogen-bond acceptors (Lipinski definition) is 4. The fourth-order valence-corrected chi connectivity index (χ4v) is 4.02. The van der Waals surface area contributed by atoms with Crippen LogP contribution in [-0.2, 0) is 4.79 Å². The fourth-order valence-electron chi connectivity index (χ4n) is 2.53. The molecule has 2 aromatic rings. The smallest absolute Gasteiger partial charge is 0.266 e. The molecule has 0 atom stereocenters. The molecule has 0 saturated carbocycles. The maximum atomic E-state index is 12.9. The summed E-state index contributed by atoms with van der Waals surface area (Å²) in [6, 6.07) is 13.0. The molecule has 1 fully saturated rings. The highest BCUT2D eigenvalue weighted by atomic mass is 79.9. The molecule has 1 heterocycles. The van der Waals surface area contributed by atoms with Crippen molar-refractivity contribution in [2.45, 2.75) is 26.8 Å². The predicted octanol–water partition coefficient (Wildman–Crippen LogP) is 5.48. The van der Waals surface area contributed by atoms with Gasteiger partial charge in [-0.1, -0.05) is 33.6 Å². The number of phenolic OH excluding ortho intramolecular Hbond substituents is 1. The summed E-state index contributed by atoms with van der Waals surface area (Å²) in [5, 5.41) is 10.7. The maximum Gasteiger partial charge on any atom is 0.266 e. The Morgan fingerprint density at radius 2 is 1.88 bits per heavy atom. The van der Waals surface area contributed by atoms with Gasteiger partial charge in [0.2, 0.25) is 0 Å². The summed E-state index contributed by atoms with van der Waals surface area (Å²) in [6.45, 7) is 5.95. The Labute approximate surface area is 165 Å². The maximum absolute atomic E-state index is 12.9. The highest BCUT2D eigenvalue weighted by molar-refractivity contribution is 9.10. The van der Waals surface area contributed by atoms with E-state index in [1.807, 2.05) is 45.0 Å². The Morgan fingerprint density at radius 1 is 1.19 bits per heavy atom. The third-order valence-corrected chi connectivity index (χ3v) is 5.36. The van der Waals surface area contributed by atoms with Crippen LogP contribution in [0.1, 0.15) is 25.0 Å². The van der Waals surface area contributed by atoms with Crippen LogP contribution in [-0.4, -0.2) is 27.1 Å². The lowest BCUT2D eigenvalue weighted by Crippen LogP contribution is -2.35. The highest BCUT2D eigenvalue weighted by Gasteiger charge is 2.35. The van der Waals surface area contributed by atoms with Gasteiger partial charge in [-0.05, 0) is 68.9 Å². The van der Waals surface area contributed by atoms with Gasteiger partial charge in [-0.2, -0.15) is 0 Å². The number of carbonyl (C=O) groups is 1. The Balaban J connectivity index is 2.00. The molecule has 0 spiro atoms. The number of phenols is 1. The summed E-state index contributed by atoms with van der Waals surface area (Å²) in [4.78, 5) is 19.7. The van der Waals surface area contributed by atoms with E-state index in [1.165, 1.54) is 11.8 Å². The van der Waals surface area contributed by atoms with E-state index in [1.54, 1.807) is 29.2 Å². The number of nitrogens with zero attached hydrogens (tertiary/aromatic N) is 2. The Kier molecular flexibility index (Phi) is 5.53. The third-order valence-electron chi connectivity index (χ3n) is 3.89. The summed E-state index contributed by atoms with van der Waals surface area (Å²) in [5.74, 6) is 0.0318. The first-order chi connectivity index (χ1) is 12.3. The van der Waals surface area contributed by atoms with Crippen molar-refractivity contribution in [2.24, 2.45) is 4.99 Å². The van der Waals surface area contributed by atoms with Gasteiger partial charge >= 0.3 is 0 Å². The van der Waals surface area contributed by atoms with Crippen LogP contribution >= 0.6 is 27.7 Å². The molecule has 0 radical (unpaired) electrons. The Bertz CT molecular complexity index is 905. The van der Waals surface area contributed by atoms with Crippen LogP contribution in [0.2, 0.25) is 0 Å². The average Bonchev–Trinajstić information content (AvgIpc) is 2.88. The number of amidine groups is 1. The van der Waals surface area contributed by atoms with Gasteiger partial charge in [-0.3, -0.25) is 9.69 Å². The first-order valence-electron chi connectivity index (χ1n) is 8.22. The molecule has 1 aliphatic rings. The standard InChI is InChI=1S/C20H19BrN2O2S/c1-12(2)23-19(25)18(11-14-10-15(21)6-9-17(14)24)26-20(23)22-16-7-4-13(3)5-8-16/h4-12,24H,1-3H3/b18-11+,22-20?. The molecule has 1 amide bonds. The molecule has 1 N–H and O–H groups in total. The topological polar surface area (TPSA) is 52.9 Å². The van der Waals surface area contributed by atoms with E-state index >= 15 is 0 Å². The lowest BCUT2D eigenvalue weighted by Gasteiger charge is -2.19. The number of thioether (sulfide) groups is 1. The summed E-state index contributed by atoms with van der Waals surface area (Å²) < 4.78 is 0.840. The average molecular weight is 431 g/mol. The molecule has 26 heavy (non-hydrogen) atoms. The summed E-state index contributed by atoms with van der Waals surface area (Å²) >= 11 is 4.72. The summed E-state index contributed by atoms with van der Waals surface area (Å²) in [5.41, 5.74) is 2.56. The van der Waals surface area contributed by atoms with Gasteiger partial charge < -0.3 is 5.11 Å². The second-order valence-electron chi connectivity index (χ2n) is 6.31. The Hall–Kier alpha value is -2.05. The van der Waals surface area contributed by atoms with Crippen LogP contribution in [0.4, 0.5) is 5.69 Å². The van der Waals surface area contributed by atoms with Gasteiger partial charge in [0.1, 0.15) is 5.75 Å². The number of rotatable bonds is 3. The van der Waals surface area contributed by atoms with Crippen molar-refractivity contribution in [1.29, 1.82) is 0 Å². The number of aliphatic imine (C=N–C) groups is 1. The fraction of sp³-hybridized carbons (Fsp3) is 0.200. The predicted molar refractivity (Wildman–Crippen MR) is 112 cm³/mol.